The first kappa shape index (κ1) is 11.5. The van der Waals surface area contributed by atoms with Crippen LogP contribution in [-0.4, -0.2) is 17.4 Å². The van der Waals surface area contributed by atoms with Gasteiger partial charge in [-0.2, -0.15) is 0 Å². The first-order valence-electron chi connectivity index (χ1n) is 5.71. The molecule has 0 bridgehead atoms. The molecule has 0 spiro atoms. The highest BCUT2D eigenvalue weighted by Gasteiger charge is 2.02. The largest absolute Gasteiger partial charge is 0.308 e. The zero-order chi connectivity index (χ0) is 12.1. The quantitative estimate of drug-likeness (QED) is 0.365. The maximum absolute atomic E-state index is 5.49. The van der Waals surface area contributed by atoms with E-state index in [9.17, 15) is 0 Å². The molecule has 0 atom stereocenters. The van der Waals surface area contributed by atoms with E-state index < -0.39 is 0 Å². The van der Waals surface area contributed by atoms with Crippen LogP contribution in [0.25, 0.3) is 10.9 Å². The van der Waals surface area contributed by atoms with Gasteiger partial charge in [-0.05, 0) is 30.7 Å². The van der Waals surface area contributed by atoms with Gasteiger partial charge in [-0.15, -0.1) is 0 Å². The van der Waals surface area contributed by atoms with Gasteiger partial charge in [-0.3, -0.25) is 9.98 Å². The van der Waals surface area contributed by atoms with E-state index in [4.69, 9.17) is 5.84 Å². The predicted molar refractivity (Wildman–Crippen MR) is 70.8 cm³/mol. The van der Waals surface area contributed by atoms with Crippen LogP contribution in [0, 0.1) is 0 Å². The molecule has 17 heavy (non-hydrogen) atoms. The van der Waals surface area contributed by atoms with Gasteiger partial charge in [0.15, 0.2) is 0 Å². The number of pyridine rings is 1. The first-order chi connectivity index (χ1) is 8.35. The molecule has 1 heterocycles. The van der Waals surface area contributed by atoms with Gasteiger partial charge in [0.05, 0.1) is 5.52 Å². The van der Waals surface area contributed by atoms with Gasteiger partial charge in [-0.25, -0.2) is 5.84 Å². The van der Waals surface area contributed by atoms with Crippen molar-refractivity contribution >= 4 is 16.7 Å². The fourth-order valence-electron chi connectivity index (χ4n) is 1.67. The van der Waals surface area contributed by atoms with Crippen LogP contribution in [0.4, 0.5) is 0 Å². The topological polar surface area (TPSA) is 63.3 Å². The number of aromatic nitrogens is 1. The number of hydrazine groups is 1. The minimum absolute atomic E-state index is 0.720. The molecule has 4 nitrogen and oxygen atoms in total. The second kappa shape index (κ2) is 5.41. The Bertz CT molecular complexity index is 534. The zero-order valence-electron chi connectivity index (χ0n) is 9.85. The molecule has 0 saturated carbocycles. The molecule has 0 unspecified atom stereocenters. The van der Waals surface area contributed by atoms with Crippen LogP contribution in [0.5, 0.6) is 0 Å². The van der Waals surface area contributed by atoms with Gasteiger partial charge >= 0.3 is 0 Å². The maximum atomic E-state index is 5.49. The lowest BCUT2D eigenvalue weighted by Crippen LogP contribution is -2.31. The van der Waals surface area contributed by atoms with Crippen molar-refractivity contribution in [3.63, 3.8) is 0 Å². The smallest absolute Gasteiger partial charge is 0.142 e. The van der Waals surface area contributed by atoms with Crippen molar-refractivity contribution in [2.24, 2.45) is 10.8 Å². The number of benzene rings is 1. The van der Waals surface area contributed by atoms with Crippen LogP contribution < -0.4 is 11.3 Å². The molecule has 3 N–H and O–H groups in total. The summed E-state index contributed by atoms with van der Waals surface area (Å²) in [5, 5.41) is 1.09. The summed E-state index contributed by atoms with van der Waals surface area (Å²) < 4.78 is 0. The number of nitrogens with two attached hydrogens (primary N) is 1. The minimum atomic E-state index is 0.720. The highest BCUT2D eigenvalue weighted by atomic mass is 15.2. The van der Waals surface area contributed by atoms with E-state index in [1.165, 1.54) is 0 Å². The fourth-order valence-corrected chi connectivity index (χ4v) is 1.67. The molecule has 1 aromatic carbocycles. The van der Waals surface area contributed by atoms with E-state index in [0.717, 1.165) is 35.3 Å². The summed E-state index contributed by atoms with van der Waals surface area (Å²) in [6, 6.07) is 9.94. The van der Waals surface area contributed by atoms with Crippen molar-refractivity contribution in [1.82, 2.24) is 10.4 Å². The Morgan fingerprint density at radius 3 is 3.06 bits per heavy atom. The van der Waals surface area contributed by atoms with Crippen molar-refractivity contribution in [3.05, 3.63) is 42.1 Å². The first-order valence-corrected chi connectivity index (χ1v) is 5.71. The molecule has 0 amide bonds. The van der Waals surface area contributed by atoms with Crippen LogP contribution in [0.2, 0.25) is 0 Å². The Labute approximate surface area is 101 Å². The fraction of sp³-hybridized carbons (Fsp3) is 0.231. The normalized spacial score (nSPS) is 11.8. The average Bonchev–Trinajstić information content (AvgIpc) is 2.39. The van der Waals surface area contributed by atoms with Gasteiger partial charge in [-0.1, -0.05) is 13.0 Å². The Kier molecular flexibility index (Phi) is 3.67. The minimum Gasteiger partial charge on any atom is -0.308 e. The lowest BCUT2D eigenvalue weighted by Gasteiger charge is -2.06. The molecular weight excluding hydrogens is 212 g/mol. The molecule has 4 heteroatoms. The predicted octanol–water partition coefficient (Wildman–Crippen LogP) is 1.85. The van der Waals surface area contributed by atoms with Crippen molar-refractivity contribution in [3.8, 4) is 0 Å². The number of amidine groups is 1. The summed E-state index contributed by atoms with van der Waals surface area (Å²) in [6.45, 7) is 2.85. The molecule has 0 saturated heterocycles. The standard InChI is InChI=1S/C13H16N4/c1-2-7-16-13(17-14)11-5-6-12-10(9-11)4-3-8-15-12/h3-6,8-9H,2,7,14H2,1H3,(H,16,17). The molecule has 0 aliphatic rings. The number of nitrogens with zero attached hydrogens (tertiary/aromatic N) is 2. The number of nitrogens with one attached hydrogen (secondary N) is 1. The Hall–Kier alpha value is -1.94. The number of hydrogen-bond acceptors (Lipinski definition) is 3. The van der Waals surface area contributed by atoms with Gasteiger partial charge in [0, 0.05) is 23.7 Å². The SMILES string of the molecule is CCCN=C(NN)c1ccc2ncccc2c1. The van der Waals surface area contributed by atoms with Crippen LogP contribution in [-0.2, 0) is 0 Å². The molecule has 0 radical (unpaired) electrons. The van der Waals surface area contributed by atoms with Gasteiger partial charge in [0.1, 0.15) is 5.84 Å². The number of fused-ring (bicyclic) bond motifs is 1. The highest BCUT2D eigenvalue weighted by Crippen LogP contribution is 2.13. The average molecular weight is 228 g/mol. The van der Waals surface area contributed by atoms with Gasteiger partial charge in [0.25, 0.3) is 0 Å². The van der Waals surface area contributed by atoms with Gasteiger partial charge < -0.3 is 5.43 Å². The van der Waals surface area contributed by atoms with Crippen molar-refractivity contribution in [2.45, 2.75) is 13.3 Å². The van der Waals surface area contributed by atoms with Crippen LogP contribution >= 0.6 is 0 Å². The monoisotopic (exact) mass is 228 g/mol. The third kappa shape index (κ3) is 2.60. The third-order valence-corrected chi connectivity index (χ3v) is 2.51. The Balaban J connectivity index is 2.41. The summed E-state index contributed by atoms with van der Waals surface area (Å²) in [5.74, 6) is 6.21. The summed E-state index contributed by atoms with van der Waals surface area (Å²) >= 11 is 0. The van der Waals surface area contributed by atoms with Crippen molar-refractivity contribution < 1.29 is 0 Å². The van der Waals surface area contributed by atoms with E-state index in [2.05, 4.69) is 22.3 Å². The summed E-state index contributed by atoms with van der Waals surface area (Å²) in [4.78, 5) is 8.68. The van der Waals surface area contributed by atoms with E-state index >= 15 is 0 Å². The lowest BCUT2D eigenvalue weighted by molar-refractivity contribution is 0.908. The molecule has 0 aliphatic heterocycles. The second-order valence-corrected chi connectivity index (χ2v) is 3.79. The number of hydrogen-bond donors (Lipinski definition) is 2. The molecule has 0 aliphatic carbocycles. The van der Waals surface area contributed by atoms with Crippen molar-refractivity contribution in [1.29, 1.82) is 0 Å². The highest BCUT2D eigenvalue weighted by molar-refractivity contribution is 6.01. The number of aliphatic imine (C=N–C) groups is 1. The Morgan fingerprint density at radius 1 is 1.41 bits per heavy atom. The van der Waals surface area contributed by atoms with Crippen LogP contribution in [0.1, 0.15) is 18.9 Å². The zero-order valence-corrected chi connectivity index (χ0v) is 9.85. The molecular formula is C13H16N4. The lowest BCUT2D eigenvalue weighted by atomic mass is 10.1. The van der Waals surface area contributed by atoms with Crippen LogP contribution in [0.15, 0.2) is 41.5 Å². The van der Waals surface area contributed by atoms with Crippen LogP contribution in [0.3, 0.4) is 0 Å². The van der Waals surface area contributed by atoms with E-state index in [0.29, 0.717) is 0 Å². The molecule has 88 valence electrons. The van der Waals surface area contributed by atoms with E-state index in [-0.39, 0.29) is 0 Å². The number of rotatable bonds is 3. The molecule has 1 aromatic heterocycles. The van der Waals surface area contributed by atoms with E-state index in [1.54, 1.807) is 6.20 Å². The molecule has 0 fully saturated rings. The molecule has 2 aromatic rings. The summed E-state index contributed by atoms with van der Waals surface area (Å²) in [5.41, 5.74) is 4.61. The van der Waals surface area contributed by atoms with E-state index in [1.807, 2.05) is 30.3 Å². The summed E-state index contributed by atoms with van der Waals surface area (Å²) in [6.07, 6.45) is 2.79. The maximum Gasteiger partial charge on any atom is 0.142 e. The Morgan fingerprint density at radius 2 is 2.29 bits per heavy atom. The third-order valence-electron chi connectivity index (χ3n) is 2.51. The molecule has 2 rings (SSSR count). The second-order valence-electron chi connectivity index (χ2n) is 3.79. The van der Waals surface area contributed by atoms with Gasteiger partial charge in [0.2, 0.25) is 0 Å². The summed E-state index contributed by atoms with van der Waals surface area (Å²) in [7, 11) is 0. The van der Waals surface area contributed by atoms with Crippen molar-refractivity contribution in [2.75, 3.05) is 6.54 Å².